The predicted molar refractivity (Wildman–Crippen MR) is 90.1 cm³/mol. The minimum Gasteiger partial charge on any atom is -0.353 e. The van der Waals surface area contributed by atoms with Crippen molar-refractivity contribution in [2.75, 3.05) is 25.0 Å². The summed E-state index contributed by atoms with van der Waals surface area (Å²) in [5.74, 6) is 1.06. The molecule has 0 N–H and O–H groups in total. The van der Waals surface area contributed by atoms with Gasteiger partial charge in [0.1, 0.15) is 12.1 Å². The molecule has 118 valence electrons. The highest BCUT2D eigenvalue weighted by Crippen LogP contribution is 2.25. The summed E-state index contributed by atoms with van der Waals surface area (Å²) in [4.78, 5) is 13.3. The Hall–Kier alpha value is -2.45. The Kier molecular flexibility index (Phi) is 4.26. The quantitative estimate of drug-likeness (QED) is 0.867. The lowest BCUT2D eigenvalue weighted by molar-refractivity contribution is 0.196. The summed E-state index contributed by atoms with van der Waals surface area (Å²) in [6, 6.07) is 10.5. The smallest absolute Gasteiger partial charge is 0.135 e. The van der Waals surface area contributed by atoms with Crippen LogP contribution in [-0.2, 0) is 6.54 Å². The van der Waals surface area contributed by atoms with Gasteiger partial charge in [-0.25, -0.2) is 9.97 Å². The zero-order valence-corrected chi connectivity index (χ0v) is 13.8. The lowest BCUT2D eigenvalue weighted by Gasteiger charge is -2.45. The molecule has 3 rings (SSSR count). The molecule has 5 heteroatoms. The van der Waals surface area contributed by atoms with Crippen molar-refractivity contribution >= 4 is 5.82 Å². The van der Waals surface area contributed by atoms with Gasteiger partial charge in [0, 0.05) is 36.9 Å². The molecule has 1 saturated heterocycles. The van der Waals surface area contributed by atoms with Gasteiger partial charge in [-0.2, -0.15) is 5.26 Å². The van der Waals surface area contributed by atoms with E-state index in [1.54, 1.807) is 6.33 Å². The topological polar surface area (TPSA) is 56.1 Å². The molecule has 0 aliphatic carbocycles. The maximum atomic E-state index is 8.85. The minimum absolute atomic E-state index is 0.528. The van der Waals surface area contributed by atoms with Gasteiger partial charge >= 0.3 is 0 Å². The summed E-state index contributed by atoms with van der Waals surface area (Å²) in [6.45, 7) is 6.98. The number of rotatable bonds is 4. The van der Waals surface area contributed by atoms with Gasteiger partial charge < -0.3 is 4.90 Å². The highest BCUT2D eigenvalue weighted by atomic mass is 15.3. The molecule has 2 heterocycles. The average molecular weight is 307 g/mol. The van der Waals surface area contributed by atoms with E-state index in [9.17, 15) is 0 Å². The summed E-state index contributed by atoms with van der Waals surface area (Å²) in [5, 5.41) is 8.85. The Balaban J connectivity index is 1.58. The first-order valence-corrected chi connectivity index (χ1v) is 7.81. The number of hydrogen-bond donors (Lipinski definition) is 0. The van der Waals surface area contributed by atoms with Gasteiger partial charge in [-0.3, -0.25) is 4.90 Å². The molecule has 0 amide bonds. The molecule has 0 spiro atoms. The third-order valence-corrected chi connectivity index (χ3v) is 4.61. The van der Waals surface area contributed by atoms with E-state index in [0.717, 1.165) is 31.1 Å². The lowest BCUT2D eigenvalue weighted by Crippen LogP contribution is -2.58. The Morgan fingerprint density at radius 2 is 1.91 bits per heavy atom. The van der Waals surface area contributed by atoms with Gasteiger partial charge in [0.05, 0.1) is 11.6 Å². The predicted octanol–water partition coefficient (Wildman–Crippen LogP) is 2.29. The van der Waals surface area contributed by atoms with Crippen LogP contribution in [0.25, 0.3) is 0 Å². The average Bonchev–Trinajstić information content (AvgIpc) is 2.51. The molecular formula is C18H21N5. The van der Waals surface area contributed by atoms with Gasteiger partial charge in [-0.05, 0) is 38.6 Å². The molecule has 0 radical (unpaired) electrons. The fourth-order valence-corrected chi connectivity index (χ4v) is 2.85. The van der Waals surface area contributed by atoms with Gasteiger partial charge in [0.25, 0.3) is 0 Å². The maximum Gasteiger partial charge on any atom is 0.135 e. The van der Waals surface area contributed by atoms with Crippen LogP contribution in [-0.4, -0.2) is 41.0 Å². The van der Waals surface area contributed by atoms with Crippen molar-refractivity contribution in [1.29, 1.82) is 5.26 Å². The second-order valence-electron chi connectivity index (χ2n) is 6.19. The summed E-state index contributed by atoms with van der Waals surface area (Å²) < 4.78 is 0. The largest absolute Gasteiger partial charge is 0.353 e. The summed E-state index contributed by atoms with van der Waals surface area (Å²) >= 11 is 0. The van der Waals surface area contributed by atoms with Crippen LogP contribution in [0.15, 0.2) is 30.6 Å². The van der Waals surface area contributed by atoms with Crippen LogP contribution in [0.5, 0.6) is 0 Å². The number of likely N-dealkylation sites (N-methyl/N-ethyl adjacent to an activating group) is 1. The number of benzene rings is 1. The minimum atomic E-state index is 0.528. The van der Waals surface area contributed by atoms with Crippen molar-refractivity contribution in [3.63, 3.8) is 0 Å². The fraction of sp³-hybridized carbons (Fsp3) is 0.389. The molecule has 2 aromatic rings. The monoisotopic (exact) mass is 307 g/mol. The fourth-order valence-electron chi connectivity index (χ4n) is 2.85. The molecule has 0 unspecified atom stereocenters. The molecular weight excluding hydrogens is 286 g/mol. The number of aromatic nitrogens is 2. The van der Waals surface area contributed by atoms with Crippen LogP contribution in [0.1, 0.15) is 22.4 Å². The molecule has 5 nitrogen and oxygen atoms in total. The van der Waals surface area contributed by atoms with E-state index >= 15 is 0 Å². The van der Waals surface area contributed by atoms with E-state index in [1.807, 2.05) is 31.2 Å². The second-order valence-corrected chi connectivity index (χ2v) is 6.19. The zero-order valence-electron chi connectivity index (χ0n) is 13.8. The van der Waals surface area contributed by atoms with Crippen molar-refractivity contribution in [3.8, 4) is 6.07 Å². The van der Waals surface area contributed by atoms with E-state index < -0.39 is 0 Å². The van der Waals surface area contributed by atoms with Gasteiger partial charge in [0.2, 0.25) is 0 Å². The van der Waals surface area contributed by atoms with E-state index in [2.05, 4.69) is 39.8 Å². The van der Waals surface area contributed by atoms with Crippen LogP contribution < -0.4 is 4.90 Å². The van der Waals surface area contributed by atoms with Crippen molar-refractivity contribution in [2.24, 2.45) is 0 Å². The third-order valence-electron chi connectivity index (χ3n) is 4.61. The van der Waals surface area contributed by atoms with Crippen molar-refractivity contribution in [3.05, 3.63) is 53.0 Å². The van der Waals surface area contributed by atoms with Crippen molar-refractivity contribution < 1.29 is 0 Å². The Labute approximate surface area is 137 Å². The third kappa shape index (κ3) is 3.17. The van der Waals surface area contributed by atoms with E-state index in [-0.39, 0.29) is 0 Å². The lowest BCUT2D eigenvalue weighted by atomic mass is 10.0. The first kappa shape index (κ1) is 15.4. The first-order chi connectivity index (χ1) is 11.1. The van der Waals surface area contributed by atoms with E-state index in [0.29, 0.717) is 11.6 Å². The number of nitriles is 1. The van der Waals surface area contributed by atoms with E-state index in [1.165, 1.54) is 11.1 Å². The van der Waals surface area contributed by atoms with Crippen LogP contribution >= 0.6 is 0 Å². The molecule has 1 aliphatic rings. The second kappa shape index (κ2) is 6.35. The number of anilines is 1. The zero-order chi connectivity index (χ0) is 16.4. The molecule has 1 aromatic heterocycles. The number of hydrogen-bond acceptors (Lipinski definition) is 5. The van der Waals surface area contributed by atoms with Crippen LogP contribution in [0.4, 0.5) is 5.82 Å². The SMILES string of the molecule is Cc1ncnc(N2CC(N(C)Cc3ccc(C#N)cc3)C2)c1C. The van der Waals surface area contributed by atoms with Gasteiger partial charge in [-0.15, -0.1) is 0 Å². The first-order valence-electron chi connectivity index (χ1n) is 7.81. The molecule has 0 bridgehead atoms. The molecule has 23 heavy (non-hydrogen) atoms. The highest BCUT2D eigenvalue weighted by Gasteiger charge is 2.31. The van der Waals surface area contributed by atoms with Crippen molar-refractivity contribution in [1.82, 2.24) is 14.9 Å². The van der Waals surface area contributed by atoms with Crippen LogP contribution in [0.2, 0.25) is 0 Å². The molecule has 0 saturated carbocycles. The van der Waals surface area contributed by atoms with Crippen molar-refractivity contribution in [2.45, 2.75) is 26.4 Å². The number of nitrogens with zero attached hydrogens (tertiary/aromatic N) is 5. The summed E-state index contributed by atoms with van der Waals surface area (Å²) in [7, 11) is 2.15. The Morgan fingerprint density at radius 1 is 1.22 bits per heavy atom. The van der Waals surface area contributed by atoms with Crippen LogP contribution in [0, 0.1) is 25.2 Å². The highest BCUT2D eigenvalue weighted by molar-refractivity contribution is 5.50. The normalized spacial score (nSPS) is 14.7. The summed E-state index contributed by atoms with van der Waals surface area (Å²) in [5.41, 5.74) is 4.16. The van der Waals surface area contributed by atoms with Gasteiger partial charge in [-0.1, -0.05) is 12.1 Å². The van der Waals surface area contributed by atoms with Gasteiger partial charge in [0.15, 0.2) is 0 Å². The summed E-state index contributed by atoms with van der Waals surface area (Å²) in [6.07, 6.45) is 1.64. The molecule has 0 atom stereocenters. The number of aryl methyl sites for hydroxylation is 1. The molecule has 1 aliphatic heterocycles. The Bertz CT molecular complexity index is 726. The standard InChI is InChI=1S/C18H21N5/c1-13-14(2)20-12-21-18(13)23-10-17(11-23)22(3)9-16-6-4-15(8-19)5-7-16/h4-7,12,17H,9-11H2,1-3H3. The Morgan fingerprint density at radius 3 is 2.57 bits per heavy atom. The molecule has 1 aromatic carbocycles. The van der Waals surface area contributed by atoms with Crippen LogP contribution in [0.3, 0.4) is 0 Å². The molecule has 1 fully saturated rings. The maximum absolute atomic E-state index is 8.85. The van der Waals surface area contributed by atoms with E-state index in [4.69, 9.17) is 5.26 Å².